The number of rotatable bonds is 5. The molecule has 1 aliphatic heterocycles. The minimum Gasteiger partial charge on any atom is -0.351 e. The average Bonchev–Trinajstić information content (AvgIpc) is 2.43. The van der Waals surface area contributed by atoms with Gasteiger partial charge in [0, 0.05) is 25.7 Å². The van der Waals surface area contributed by atoms with Gasteiger partial charge in [-0.3, -0.25) is 9.59 Å². The fraction of sp³-hybridized carbons (Fsp3) is 0.667. The molecule has 21 heavy (non-hydrogen) atoms. The highest BCUT2D eigenvalue weighted by Crippen LogP contribution is 2.20. The molecule has 0 saturated carbocycles. The minimum absolute atomic E-state index is 0.244. The number of carbonyl (C=O) groups is 1. The number of H-pyrrole nitrogens is 1. The van der Waals surface area contributed by atoms with E-state index in [9.17, 15) is 9.59 Å². The predicted molar refractivity (Wildman–Crippen MR) is 81.2 cm³/mol. The molecular formula is C15H24N4O2. The molecule has 1 fully saturated rings. The maximum Gasteiger partial charge on any atom is 0.271 e. The second-order valence-electron chi connectivity index (χ2n) is 6.12. The molecule has 2 atom stereocenters. The van der Waals surface area contributed by atoms with E-state index in [2.05, 4.69) is 34.3 Å². The summed E-state index contributed by atoms with van der Waals surface area (Å²) in [5.74, 6) is 1.27. The fourth-order valence-electron chi connectivity index (χ4n) is 3.04. The van der Waals surface area contributed by atoms with E-state index in [1.165, 1.54) is 18.6 Å². The molecule has 6 nitrogen and oxygen atoms in total. The lowest BCUT2D eigenvalue weighted by Gasteiger charge is -2.34. The van der Waals surface area contributed by atoms with Gasteiger partial charge in [0.05, 0.1) is 0 Å². The van der Waals surface area contributed by atoms with Crippen LogP contribution in [-0.2, 0) is 0 Å². The van der Waals surface area contributed by atoms with Gasteiger partial charge in [-0.2, -0.15) is 5.10 Å². The Kier molecular flexibility index (Phi) is 5.50. The zero-order valence-electron chi connectivity index (χ0n) is 12.8. The number of amides is 1. The van der Waals surface area contributed by atoms with Gasteiger partial charge in [-0.1, -0.05) is 13.8 Å². The van der Waals surface area contributed by atoms with Crippen LogP contribution in [0.25, 0.3) is 0 Å². The second kappa shape index (κ2) is 7.36. The van der Waals surface area contributed by atoms with E-state index in [1.807, 2.05) is 0 Å². The Morgan fingerprint density at radius 2 is 2.10 bits per heavy atom. The lowest BCUT2D eigenvalue weighted by atomic mass is 9.92. The lowest BCUT2D eigenvalue weighted by Crippen LogP contribution is -2.40. The number of likely N-dealkylation sites (tertiary alicyclic amines) is 1. The van der Waals surface area contributed by atoms with E-state index >= 15 is 0 Å². The normalized spacial score (nSPS) is 23.0. The first-order valence-corrected chi connectivity index (χ1v) is 7.61. The second-order valence-corrected chi connectivity index (χ2v) is 6.12. The Morgan fingerprint density at radius 3 is 2.71 bits per heavy atom. The minimum atomic E-state index is -0.306. The number of carbonyl (C=O) groups excluding carboxylic acids is 1. The van der Waals surface area contributed by atoms with Crippen LogP contribution in [-0.4, -0.2) is 47.2 Å². The number of nitrogens with zero attached hydrogens (tertiary/aromatic N) is 2. The van der Waals surface area contributed by atoms with E-state index < -0.39 is 0 Å². The molecule has 116 valence electrons. The summed E-state index contributed by atoms with van der Waals surface area (Å²) in [5, 5.41) is 8.79. The summed E-state index contributed by atoms with van der Waals surface area (Å²) in [6.07, 6.45) is 2.24. The van der Waals surface area contributed by atoms with Crippen LogP contribution >= 0.6 is 0 Å². The Balaban J connectivity index is 1.68. The van der Waals surface area contributed by atoms with Crippen molar-refractivity contribution in [1.29, 1.82) is 0 Å². The average molecular weight is 292 g/mol. The maximum atomic E-state index is 11.8. The van der Waals surface area contributed by atoms with Gasteiger partial charge in [-0.15, -0.1) is 0 Å². The highest BCUT2D eigenvalue weighted by Gasteiger charge is 2.21. The Labute approximate surface area is 124 Å². The van der Waals surface area contributed by atoms with Crippen molar-refractivity contribution in [2.24, 2.45) is 11.8 Å². The molecule has 0 spiro atoms. The van der Waals surface area contributed by atoms with Gasteiger partial charge < -0.3 is 10.2 Å². The van der Waals surface area contributed by atoms with Crippen molar-refractivity contribution in [3.63, 3.8) is 0 Å². The van der Waals surface area contributed by atoms with E-state index in [1.54, 1.807) is 0 Å². The highest BCUT2D eigenvalue weighted by atomic mass is 16.2. The molecule has 0 unspecified atom stereocenters. The molecule has 0 bridgehead atoms. The SMILES string of the molecule is C[C@@H]1C[C@@H](C)CN(CCCNC(=O)c2ccc(=O)[nH]n2)C1. The molecule has 6 heteroatoms. The summed E-state index contributed by atoms with van der Waals surface area (Å²) in [7, 11) is 0. The van der Waals surface area contributed by atoms with Gasteiger partial charge in [-0.05, 0) is 37.3 Å². The maximum absolute atomic E-state index is 11.8. The Morgan fingerprint density at radius 1 is 1.38 bits per heavy atom. The molecule has 2 rings (SSSR count). The third-order valence-electron chi connectivity index (χ3n) is 3.79. The van der Waals surface area contributed by atoms with Crippen molar-refractivity contribution in [1.82, 2.24) is 20.4 Å². The first-order valence-electron chi connectivity index (χ1n) is 7.61. The van der Waals surface area contributed by atoms with Crippen LogP contribution in [0.1, 0.15) is 37.2 Å². The molecule has 1 aliphatic rings. The van der Waals surface area contributed by atoms with Crippen LogP contribution in [0.15, 0.2) is 16.9 Å². The van der Waals surface area contributed by atoms with Crippen LogP contribution in [0, 0.1) is 11.8 Å². The Hall–Kier alpha value is -1.69. The third kappa shape index (κ3) is 4.97. The van der Waals surface area contributed by atoms with E-state index in [-0.39, 0.29) is 17.2 Å². The van der Waals surface area contributed by atoms with Gasteiger partial charge >= 0.3 is 0 Å². The van der Waals surface area contributed by atoms with Gasteiger partial charge in [0.1, 0.15) is 5.69 Å². The lowest BCUT2D eigenvalue weighted by molar-refractivity contribution is 0.0941. The van der Waals surface area contributed by atoms with E-state index in [0.29, 0.717) is 6.54 Å². The van der Waals surface area contributed by atoms with Crippen molar-refractivity contribution in [3.8, 4) is 0 Å². The third-order valence-corrected chi connectivity index (χ3v) is 3.79. The number of piperidine rings is 1. The van der Waals surface area contributed by atoms with Crippen LogP contribution in [0.3, 0.4) is 0 Å². The van der Waals surface area contributed by atoms with E-state index in [0.717, 1.165) is 37.9 Å². The Bertz CT molecular complexity index is 498. The van der Waals surface area contributed by atoms with Crippen LogP contribution in [0.2, 0.25) is 0 Å². The molecule has 0 aromatic carbocycles. The first kappa shape index (κ1) is 15.7. The molecule has 1 aromatic heterocycles. The van der Waals surface area contributed by atoms with Crippen molar-refractivity contribution in [2.75, 3.05) is 26.2 Å². The monoisotopic (exact) mass is 292 g/mol. The number of aromatic nitrogens is 2. The molecule has 1 amide bonds. The highest BCUT2D eigenvalue weighted by molar-refractivity contribution is 5.91. The number of hydrogen-bond donors (Lipinski definition) is 2. The van der Waals surface area contributed by atoms with Gasteiger partial charge in [0.25, 0.3) is 11.5 Å². The van der Waals surface area contributed by atoms with Crippen molar-refractivity contribution in [3.05, 3.63) is 28.2 Å². The summed E-state index contributed by atoms with van der Waals surface area (Å²) in [6.45, 7) is 8.53. The molecular weight excluding hydrogens is 268 g/mol. The van der Waals surface area contributed by atoms with Crippen LogP contribution in [0.4, 0.5) is 0 Å². The fourth-order valence-corrected chi connectivity index (χ4v) is 3.04. The molecule has 2 N–H and O–H groups in total. The molecule has 0 radical (unpaired) electrons. The van der Waals surface area contributed by atoms with Crippen LogP contribution < -0.4 is 10.9 Å². The van der Waals surface area contributed by atoms with Crippen molar-refractivity contribution >= 4 is 5.91 Å². The summed E-state index contributed by atoms with van der Waals surface area (Å²) in [5.41, 5.74) is -0.0605. The topological polar surface area (TPSA) is 78.1 Å². The predicted octanol–water partition coefficient (Wildman–Crippen LogP) is 0.868. The molecule has 1 aromatic rings. The van der Waals surface area contributed by atoms with Crippen molar-refractivity contribution in [2.45, 2.75) is 26.7 Å². The quantitative estimate of drug-likeness (QED) is 0.789. The number of nitrogens with one attached hydrogen (secondary N) is 2. The van der Waals surface area contributed by atoms with Gasteiger partial charge in [0.2, 0.25) is 0 Å². The molecule has 2 heterocycles. The van der Waals surface area contributed by atoms with Gasteiger partial charge in [0.15, 0.2) is 0 Å². The zero-order valence-corrected chi connectivity index (χ0v) is 12.8. The largest absolute Gasteiger partial charge is 0.351 e. The zero-order chi connectivity index (χ0) is 15.2. The van der Waals surface area contributed by atoms with Crippen LogP contribution in [0.5, 0.6) is 0 Å². The summed E-state index contributed by atoms with van der Waals surface area (Å²) in [6, 6.07) is 2.74. The van der Waals surface area contributed by atoms with Gasteiger partial charge in [-0.25, -0.2) is 5.10 Å². The summed E-state index contributed by atoms with van der Waals surface area (Å²) < 4.78 is 0. The first-order chi connectivity index (χ1) is 10.0. The summed E-state index contributed by atoms with van der Waals surface area (Å²) in [4.78, 5) is 25.2. The van der Waals surface area contributed by atoms with Crippen molar-refractivity contribution < 1.29 is 4.79 Å². The number of aromatic amines is 1. The summed E-state index contributed by atoms with van der Waals surface area (Å²) >= 11 is 0. The van der Waals surface area contributed by atoms with E-state index in [4.69, 9.17) is 0 Å². The number of hydrogen-bond acceptors (Lipinski definition) is 4. The standard InChI is InChI=1S/C15H24N4O2/c1-11-8-12(2)10-19(9-11)7-3-6-16-15(21)13-4-5-14(20)18-17-13/h4-5,11-12H,3,6-10H2,1-2H3,(H,16,21)(H,18,20)/t11-,12-/m1/s1. The smallest absolute Gasteiger partial charge is 0.271 e. The molecule has 0 aliphatic carbocycles. The molecule has 1 saturated heterocycles.